The second-order valence-corrected chi connectivity index (χ2v) is 7.25. The van der Waals surface area contributed by atoms with Crippen molar-refractivity contribution in [2.24, 2.45) is 5.73 Å². The molecule has 120 valence electrons. The predicted octanol–water partition coefficient (Wildman–Crippen LogP) is 4.28. The molecular weight excluding hydrogens is 355 g/mol. The van der Waals surface area contributed by atoms with Crippen molar-refractivity contribution in [2.45, 2.75) is 25.7 Å². The van der Waals surface area contributed by atoms with E-state index in [1.54, 1.807) is 18.2 Å². The summed E-state index contributed by atoms with van der Waals surface area (Å²) in [4.78, 5) is 25.5. The van der Waals surface area contributed by atoms with Crippen molar-refractivity contribution < 1.29 is 9.59 Å². The van der Waals surface area contributed by atoms with Crippen LogP contribution in [0.25, 0.3) is 0 Å². The SMILES string of the molecule is NC(=O)c1c(NC(=O)c2c(Cl)cccc2Cl)sc2c1CCCC2. The van der Waals surface area contributed by atoms with Crippen LogP contribution >= 0.6 is 34.5 Å². The summed E-state index contributed by atoms with van der Waals surface area (Å²) in [5.41, 5.74) is 7.10. The first-order valence-electron chi connectivity index (χ1n) is 7.18. The number of aryl methyl sites for hydroxylation is 1. The van der Waals surface area contributed by atoms with Gasteiger partial charge < -0.3 is 11.1 Å². The van der Waals surface area contributed by atoms with Gasteiger partial charge in [-0.3, -0.25) is 9.59 Å². The molecule has 23 heavy (non-hydrogen) atoms. The molecule has 7 heteroatoms. The third-order valence-electron chi connectivity index (χ3n) is 3.83. The zero-order valence-electron chi connectivity index (χ0n) is 12.1. The molecule has 2 amide bonds. The van der Waals surface area contributed by atoms with E-state index >= 15 is 0 Å². The highest BCUT2D eigenvalue weighted by molar-refractivity contribution is 7.17. The van der Waals surface area contributed by atoms with Gasteiger partial charge in [-0.25, -0.2) is 0 Å². The lowest BCUT2D eigenvalue weighted by Crippen LogP contribution is -2.19. The Morgan fingerprint density at radius 3 is 2.39 bits per heavy atom. The molecule has 0 atom stereocenters. The Kier molecular flexibility index (Phi) is 4.62. The van der Waals surface area contributed by atoms with Crippen LogP contribution in [0.3, 0.4) is 0 Å². The Bertz CT molecular complexity index is 781. The van der Waals surface area contributed by atoms with Gasteiger partial charge in [0, 0.05) is 4.88 Å². The van der Waals surface area contributed by atoms with Crippen LogP contribution < -0.4 is 11.1 Å². The molecule has 0 unspecified atom stereocenters. The van der Waals surface area contributed by atoms with Crippen LogP contribution in [0.15, 0.2) is 18.2 Å². The monoisotopic (exact) mass is 368 g/mol. The van der Waals surface area contributed by atoms with Crippen LogP contribution in [0.4, 0.5) is 5.00 Å². The molecular formula is C16H14Cl2N2O2S. The highest BCUT2D eigenvalue weighted by Crippen LogP contribution is 2.38. The first kappa shape index (κ1) is 16.3. The van der Waals surface area contributed by atoms with Gasteiger partial charge in [0.25, 0.3) is 11.8 Å². The number of hydrogen-bond donors (Lipinski definition) is 2. The van der Waals surface area contributed by atoms with Gasteiger partial charge >= 0.3 is 0 Å². The number of benzene rings is 1. The number of primary amides is 1. The Hall–Kier alpha value is -1.56. The quantitative estimate of drug-likeness (QED) is 0.847. The fourth-order valence-electron chi connectivity index (χ4n) is 2.79. The first-order chi connectivity index (χ1) is 11.0. The van der Waals surface area contributed by atoms with Gasteiger partial charge in [0.1, 0.15) is 5.00 Å². The molecule has 0 saturated carbocycles. The molecule has 0 saturated heterocycles. The van der Waals surface area contributed by atoms with Crippen molar-refractivity contribution in [3.63, 3.8) is 0 Å². The van der Waals surface area contributed by atoms with Crippen molar-refractivity contribution in [3.8, 4) is 0 Å². The van der Waals surface area contributed by atoms with Gasteiger partial charge in [-0.2, -0.15) is 0 Å². The number of halogens is 2. The summed E-state index contributed by atoms with van der Waals surface area (Å²) in [6, 6.07) is 4.85. The Morgan fingerprint density at radius 1 is 1.09 bits per heavy atom. The maximum Gasteiger partial charge on any atom is 0.259 e. The molecule has 0 radical (unpaired) electrons. The standard InChI is InChI=1S/C16H14Cl2N2O2S/c17-9-5-3-6-10(18)13(9)15(22)20-16-12(14(19)21)8-4-1-2-7-11(8)23-16/h3,5-6H,1-2,4,7H2,(H2,19,21)(H,20,22). The largest absolute Gasteiger partial charge is 0.365 e. The van der Waals surface area contributed by atoms with Crippen LogP contribution in [0, 0.1) is 0 Å². The number of carbonyl (C=O) groups is 2. The van der Waals surface area contributed by atoms with Gasteiger partial charge in [0.05, 0.1) is 21.2 Å². The number of nitrogens with one attached hydrogen (secondary N) is 1. The molecule has 0 spiro atoms. The number of nitrogens with two attached hydrogens (primary N) is 1. The fraction of sp³-hybridized carbons (Fsp3) is 0.250. The Labute approximate surface area is 147 Å². The average molecular weight is 369 g/mol. The normalized spacial score (nSPS) is 13.5. The van der Waals surface area contributed by atoms with Crippen molar-refractivity contribution in [2.75, 3.05) is 5.32 Å². The molecule has 0 bridgehead atoms. The fourth-order valence-corrected chi connectivity index (χ4v) is 4.65. The van der Waals surface area contributed by atoms with E-state index in [1.165, 1.54) is 11.3 Å². The third-order valence-corrected chi connectivity index (χ3v) is 5.67. The average Bonchev–Trinajstić information content (AvgIpc) is 2.84. The molecule has 1 aromatic carbocycles. The number of hydrogen-bond acceptors (Lipinski definition) is 3. The minimum absolute atomic E-state index is 0.192. The third kappa shape index (κ3) is 3.09. The summed E-state index contributed by atoms with van der Waals surface area (Å²) in [7, 11) is 0. The summed E-state index contributed by atoms with van der Waals surface area (Å²) in [6.45, 7) is 0. The van der Waals surface area contributed by atoms with Crippen LogP contribution in [0.5, 0.6) is 0 Å². The maximum atomic E-state index is 12.5. The highest BCUT2D eigenvalue weighted by Gasteiger charge is 2.26. The minimum atomic E-state index is -0.523. The van der Waals surface area contributed by atoms with Crippen LogP contribution in [-0.2, 0) is 12.8 Å². The van der Waals surface area contributed by atoms with Crippen molar-refractivity contribution in [1.29, 1.82) is 0 Å². The summed E-state index contributed by atoms with van der Waals surface area (Å²) in [5, 5.41) is 3.76. The molecule has 0 aliphatic heterocycles. The predicted molar refractivity (Wildman–Crippen MR) is 93.9 cm³/mol. The van der Waals surface area contributed by atoms with Gasteiger partial charge in [0.2, 0.25) is 0 Å². The second-order valence-electron chi connectivity index (χ2n) is 5.33. The van der Waals surface area contributed by atoms with Gasteiger partial charge in [-0.15, -0.1) is 11.3 Å². The van der Waals surface area contributed by atoms with E-state index < -0.39 is 11.8 Å². The first-order valence-corrected chi connectivity index (χ1v) is 8.76. The summed E-state index contributed by atoms with van der Waals surface area (Å²) in [5.74, 6) is -0.966. The lowest BCUT2D eigenvalue weighted by molar-refractivity contribution is 0.100. The van der Waals surface area contributed by atoms with Crippen molar-refractivity contribution in [1.82, 2.24) is 0 Å². The van der Waals surface area contributed by atoms with E-state index in [2.05, 4.69) is 5.32 Å². The topological polar surface area (TPSA) is 72.2 Å². The van der Waals surface area contributed by atoms with E-state index in [4.69, 9.17) is 28.9 Å². The molecule has 3 rings (SSSR count). The van der Waals surface area contributed by atoms with Crippen molar-refractivity contribution >= 4 is 51.4 Å². The van der Waals surface area contributed by atoms with E-state index in [0.29, 0.717) is 10.6 Å². The van der Waals surface area contributed by atoms with Crippen LogP contribution in [-0.4, -0.2) is 11.8 Å². The summed E-state index contributed by atoms with van der Waals surface area (Å²) < 4.78 is 0. The highest BCUT2D eigenvalue weighted by atomic mass is 35.5. The van der Waals surface area contributed by atoms with E-state index in [9.17, 15) is 9.59 Å². The smallest absolute Gasteiger partial charge is 0.259 e. The molecule has 3 N–H and O–H groups in total. The van der Waals surface area contributed by atoms with E-state index in [-0.39, 0.29) is 15.6 Å². The lowest BCUT2D eigenvalue weighted by atomic mass is 9.95. The Morgan fingerprint density at radius 2 is 1.74 bits per heavy atom. The van der Waals surface area contributed by atoms with E-state index in [0.717, 1.165) is 36.1 Å². The van der Waals surface area contributed by atoms with Crippen LogP contribution in [0.1, 0.15) is 44.0 Å². The molecule has 0 fully saturated rings. The molecule has 2 aromatic rings. The summed E-state index contributed by atoms with van der Waals surface area (Å²) in [6.07, 6.45) is 3.82. The van der Waals surface area contributed by atoms with Gasteiger partial charge in [-0.05, 0) is 43.4 Å². The summed E-state index contributed by atoms with van der Waals surface area (Å²) >= 11 is 13.5. The number of amides is 2. The number of anilines is 1. The van der Waals surface area contributed by atoms with E-state index in [1.807, 2.05) is 0 Å². The second kappa shape index (κ2) is 6.51. The number of fused-ring (bicyclic) bond motifs is 1. The molecule has 1 heterocycles. The molecule has 4 nitrogen and oxygen atoms in total. The Balaban J connectivity index is 1.98. The number of carbonyl (C=O) groups excluding carboxylic acids is 2. The molecule has 1 aromatic heterocycles. The van der Waals surface area contributed by atoms with Gasteiger partial charge in [0.15, 0.2) is 0 Å². The van der Waals surface area contributed by atoms with Crippen LogP contribution in [0.2, 0.25) is 10.0 Å². The molecule has 1 aliphatic carbocycles. The minimum Gasteiger partial charge on any atom is -0.365 e. The number of thiophene rings is 1. The zero-order chi connectivity index (χ0) is 16.6. The zero-order valence-corrected chi connectivity index (χ0v) is 14.4. The number of rotatable bonds is 3. The van der Waals surface area contributed by atoms with Gasteiger partial charge in [-0.1, -0.05) is 29.3 Å². The molecule has 1 aliphatic rings. The lowest BCUT2D eigenvalue weighted by Gasteiger charge is -2.11. The maximum absolute atomic E-state index is 12.5. The van der Waals surface area contributed by atoms with Crippen molar-refractivity contribution in [3.05, 3.63) is 49.8 Å².